The predicted octanol–water partition coefficient (Wildman–Crippen LogP) is 9.05. The molecule has 6 aliphatic carbocycles. The Kier molecular flexibility index (Phi) is 5.25. The minimum atomic E-state index is -0.284. The largest absolute Gasteiger partial charge is 0.462 e. The van der Waals surface area contributed by atoms with Gasteiger partial charge < -0.3 is 4.74 Å². The van der Waals surface area contributed by atoms with Crippen molar-refractivity contribution >= 4 is 5.97 Å². The summed E-state index contributed by atoms with van der Waals surface area (Å²) in [7, 11) is 0. The Balaban J connectivity index is 1.31. The summed E-state index contributed by atoms with van der Waals surface area (Å²) in [5, 5.41) is 0. The quantitative estimate of drug-likeness (QED) is 0.263. The summed E-state index contributed by atoms with van der Waals surface area (Å²) < 4.78 is 6.51. The van der Waals surface area contributed by atoms with Crippen LogP contribution in [-0.2, 0) is 9.53 Å². The lowest BCUT2D eigenvalue weighted by Gasteiger charge is -2.52. The Labute approximate surface area is 226 Å². The molecule has 1 spiro atoms. The molecule has 0 amide bonds. The zero-order chi connectivity index (χ0) is 26.1. The van der Waals surface area contributed by atoms with E-state index in [1.807, 2.05) is 5.57 Å². The lowest BCUT2D eigenvalue weighted by Crippen LogP contribution is -2.50. The van der Waals surface area contributed by atoms with Crippen molar-refractivity contribution in [3.05, 3.63) is 22.3 Å². The molecule has 2 bridgehead atoms. The van der Waals surface area contributed by atoms with Gasteiger partial charge in [0, 0.05) is 11.3 Å². The molecule has 204 valence electrons. The molecular weight excluding hydrogens is 452 g/mol. The van der Waals surface area contributed by atoms with E-state index in [9.17, 15) is 4.79 Å². The number of carbonyl (C=O) groups excluding carboxylic acids is 1. The Morgan fingerprint density at radius 3 is 2.49 bits per heavy atom. The molecule has 7 rings (SSSR count). The van der Waals surface area contributed by atoms with Crippen LogP contribution >= 0.6 is 0 Å². The van der Waals surface area contributed by atoms with Crippen LogP contribution in [-0.4, -0.2) is 12.1 Å². The molecule has 0 aromatic rings. The lowest BCUT2D eigenvalue weighted by atomic mass is 9.48. The van der Waals surface area contributed by atoms with Gasteiger partial charge in [0.25, 0.3) is 0 Å². The van der Waals surface area contributed by atoms with Crippen molar-refractivity contribution in [1.29, 1.82) is 0 Å². The van der Waals surface area contributed by atoms with Gasteiger partial charge in [-0.2, -0.15) is 0 Å². The average molecular weight is 505 g/mol. The van der Waals surface area contributed by atoms with Crippen LogP contribution in [0.3, 0.4) is 0 Å². The first kappa shape index (κ1) is 25.0. The van der Waals surface area contributed by atoms with Crippen LogP contribution in [0.4, 0.5) is 0 Å². The number of carbonyl (C=O) groups is 1. The third-order valence-electron chi connectivity index (χ3n) is 14.3. The van der Waals surface area contributed by atoms with Crippen LogP contribution in [0, 0.1) is 57.2 Å². The van der Waals surface area contributed by atoms with Gasteiger partial charge in [-0.3, -0.25) is 4.79 Å². The smallest absolute Gasteiger partial charge is 0.313 e. The van der Waals surface area contributed by atoms with Crippen molar-refractivity contribution in [2.45, 2.75) is 132 Å². The fourth-order valence-electron chi connectivity index (χ4n) is 12.5. The second kappa shape index (κ2) is 7.78. The second-order valence-corrected chi connectivity index (χ2v) is 16.3. The molecule has 10 atom stereocenters. The first-order valence-electron chi connectivity index (χ1n) is 16.1. The molecule has 1 aliphatic heterocycles. The highest BCUT2D eigenvalue weighted by Gasteiger charge is 2.75. The van der Waals surface area contributed by atoms with E-state index in [2.05, 4.69) is 48.5 Å². The number of ether oxygens (including phenoxy) is 1. The fraction of sp³-hybridized carbons (Fsp3) is 0.857. The maximum Gasteiger partial charge on any atom is 0.313 e. The molecule has 0 aromatic heterocycles. The fourth-order valence-corrected chi connectivity index (χ4v) is 12.5. The van der Waals surface area contributed by atoms with Crippen molar-refractivity contribution in [2.24, 2.45) is 57.2 Å². The molecule has 1 heterocycles. The first-order valence-corrected chi connectivity index (χ1v) is 16.1. The number of hydrogen-bond acceptors (Lipinski definition) is 2. The molecule has 0 aromatic carbocycles. The van der Waals surface area contributed by atoms with Gasteiger partial charge in [-0.05, 0) is 124 Å². The number of allylic oxidation sites excluding steroid dienone is 4. The van der Waals surface area contributed by atoms with Gasteiger partial charge in [0.05, 0.1) is 5.41 Å². The highest BCUT2D eigenvalue weighted by atomic mass is 16.6. The zero-order valence-electron chi connectivity index (χ0n) is 24.8. The molecular formula is C35H52O2. The summed E-state index contributed by atoms with van der Waals surface area (Å²) in [6, 6.07) is 0. The Morgan fingerprint density at radius 2 is 1.73 bits per heavy atom. The zero-order valence-corrected chi connectivity index (χ0v) is 24.8. The minimum absolute atomic E-state index is 0.00451. The summed E-state index contributed by atoms with van der Waals surface area (Å²) in [4.78, 5) is 14.2. The molecule has 2 nitrogen and oxygen atoms in total. The molecule has 0 unspecified atom stereocenters. The van der Waals surface area contributed by atoms with Crippen LogP contribution in [0.15, 0.2) is 22.3 Å². The standard InChI is InChI=1S/C35H52O2/c1-20(2)24-12-14-33(6)18-28-30(22(4)10-11-25(24)33)23-16-34(28,7)35(17-23)27-15-26-21(3)9-8-13-32(26,5)19-29(27)37-31(35)36/h20,22-25,27,29H,8-19H2,1-7H3/t22-,23+,24+,25-,27+,29-,32-,33+,34+,35-/m1/s1. The van der Waals surface area contributed by atoms with Crippen molar-refractivity contribution in [1.82, 2.24) is 0 Å². The molecule has 2 heteroatoms. The van der Waals surface area contributed by atoms with E-state index in [-0.39, 0.29) is 28.3 Å². The molecule has 7 aliphatic rings. The van der Waals surface area contributed by atoms with Crippen LogP contribution in [0.1, 0.15) is 126 Å². The van der Waals surface area contributed by atoms with Crippen LogP contribution in [0.25, 0.3) is 0 Å². The number of esters is 1. The van der Waals surface area contributed by atoms with Crippen molar-refractivity contribution in [2.75, 3.05) is 0 Å². The van der Waals surface area contributed by atoms with Gasteiger partial charge in [-0.15, -0.1) is 0 Å². The normalized spacial score (nSPS) is 52.7. The summed E-state index contributed by atoms with van der Waals surface area (Å²) >= 11 is 0. The molecule has 4 fully saturated rings. The Bertz CT molecular complexity index is 1090. The number of rotatable bonds is 1. The summed E-state index contributed by atoms with van der Waals surface area (Å²) in [5.74, 6) is 4.38. The number of fused-ring (bicyclic) bond motifs is 9. The first-order chi connectivity index (χ1) is 17.4. The maximum absolute atomic E-state index is 14.2. The van der Waals surface area contributed by atoms with Gasteiger partial charge in [-0.1, -0.05) is 63.8 Å². The van der Waals surface area contributed by atoms with Gasteiger partial charge in [0.1, 0.15) is 6.10 Å². The Hall–Kier alpha value is -1.05. The second-order valence-electron chi connectivity index (χ2n) is 16.3. The monoisotopic (exact) mass is 504 g/mol. The Morgan fingerprint density at radius 1 is 0.946 bits per heavy atom. The van der Waals surface area contributed by atoms with Crippen LogP contribution < -0.4 is 0 Å². The van der Waals surface area contributed by atoms with E-state index in [0.717, 1.165) is 37.0 Å². The third kappa shape index (κ3) is 3.03. The maximum atomic E-state index is 14.2. The molecule has 0 radical (unpaired) electrons. The van der Waals surface area contributed by atoms with Gasteiger partial charge in [0.2, 0.25) is 0 Å². The van der Waals surface area contributed by atoms with Crippen molar-refractivity contribution < 1.29 is 9.53 Å². The third-order valence-corrected chi connectivity index (χ3v) is 14.3. The molecule has 37 heavy (non-hydrogen) atoms. The van der Waals surface area contributed by atoms with Crippen LogP contribution in [0.5, 0.6) is 0 Å². The average Bonchev–Trinajstić information content (AvgIpc) is 3.47. The summed E-state index contributed by atoms with van der Waals surface area (Å²) in [6.07, 6.45) is 15.2. The highest BCUT2D eigenvalue weighted by Crippen LogP contribution is 2.77. The lowest BCUT2D eigenvalue weighted by molar-refractivity contribution is -0.153. The molecule has 3 saturated carbocycles. The highest BCUT2D eigenvalue weighted by molar-refractivity contribution is 5.83. The van der Waals surface area contributed by atoms with Gasteiger partial charge in [-0.25, -0.2) is 0 Å². The van der Waals surface area contributed by atoms with E-state index >= 15 is 0 Å². The van der Waals surface area contributed by atoms with E-state index in [4.69, 9.17) is 4.74 Å². The van der Waals surface area contributed by atoms with Gasteiger partial charge >= 0.3 is 5.97 Å². The number of hydrogen-bond donors (Lipinski definition) is 0. The van der Waals surface area contributed by atoms with Crippen molar-refractivity contribution in [3.63, 3.8) is 0 Å². The predicted molar refractivity (Wildman–Crippen MR) is 150 cm³/mol. The van der Waals surface area contributed by atoms with E-state index in [1.54, 1.807) is 16.7 Å². The molecule has 0 N–H and O–H groups in total. The SMILES string of the molecule is CC1=C2C[C@H]3[C@@H](C[C@@]2(C)CCC1)OC(=O)[C@@]31C[C@@H]2C[C@@]1(C)C1=C2[C@H](C)CC[C@@H]2[C@H](C(C)C)CC[C@@]2(C)C1. The van der Waals surface area contributed by atoms with Crippen LogP contribution in [0.2, 0.25) is 0 Å². The van der Waals surface area contributed by atoms with E-state index in [0.29, 0.717) is 23.2 Å². The summed E-state index contributed by atoms with van der Waals surface area (Å²) in [6.45, 7) is 17.5. The molecule has 1 saturated heterocycles. The van der Waals surface area contributed by atoms with E-state index in [1.165, 1.54) is 57.8 Å². The topological polar surface area (TPSA) is 26.3 Å². The van der Waals surface area contributed by atoms with E-state index < -0.39 is 0 Å². The van der Waals surface area contributed by atoms with Gasteiger partial charge in [0.15, 0.2) is 0 Å². The van der Waals surface area contributed by atoms with Crippen molar-refractivity contribution in [3.8, 4) is 0 Å². The minimum Gasteiger partial charge on any atom is -0.462 e. The summed E-state index contributed by atoms with van der Waals surface area (Å²) in [5.41, 5.74) is 7.29.